The lowest BCUT2D eigenvalue weighted by Crippen LogP contribution is -2.20. The highest BCUT2D eigenvalue weighted by Crippen LogP contribution is 2.29. The number of nitrogens with zero attached hydrogens (tertiary/aromatic N) is 2. The molecule has 0 fully saturated rings. The maximum Gasteiger partial charge on any atom is 0.282 e. The Labute approximate surface area is 224 Å². The zero-order chi connectivity index (χ0) is 27.7. The second-order valence-electron chi connectivity index (χ2n) is 9.54. The molecule has 0 radical (unpaired) electrons. The van der Waals surface area contributed by atoms with Crippen molar-refractivity contribution in [2.24, 2.45) is 0 Å². The normalized spacial score (nSPS) is 10.9. The summed E-state index contributed by atoms with van der Waals surface area (Å²) in [7, 11) is 3.73. The number of amides is 1. The van der Waals surface area contributed by atoms with Gasteiger partial charge in [0, 0.05) is 24.8 Å². The number of ether oxygens (including phenoxy) is 2. The smallest absolute Gasteiger partial charge is 0.282 e. The first-order valence-corrected chi connectivity index (χ1v) is 12.9. The molecular formula is C30H37N3O5. The zero-order valence-corrected chi connectivity index (χ0v) is 22.9. The third kappa shape index (κ3) is 7.79. The number of carbonyl (C=O) groups excluding carboxylic acids is 1. The highest BCUT2D eigenvalue weighted by molar-refractivity contribution is 6.07. The van der Waals surface area contributed by atoms with Gasteiger partial charge in [-0.05, 0) is 86.3 Å². The zero-order valence-electron chi connectivity index (χ0n) is 22.9. The van der Waals surface area contributed by atoms with Crippen LogP contribution in [0.4, 0.5) is 11.4 Å². The summed E-state index contributed by atoms with van der Waals surface area (Å²) in [5.74, 6) is 1.02. The number of anilines is 1. The Balaban J connectivity index is 1.56. The number of benzene rings is 3. The van der Waals surface area contributed by atoms with Crippen LogP contribution in [-0.2, 0) is 13.0 Å². The van der Waals surface area contributed by atoms with Gasteiger partial charge >= 0.3 is 0 Å². The van der Waals surface area contributed by atoms with Gasteiger partial charge in [-0.1, -0.05) is 31.5 Å². The molecule has 8 heteroatoms. The van der Waals surface area contributed by atoms with E-state index in [0.717, 1.165) is 66.1 Å². The van der Waals surface area contributed by atoms with Crippen LogP contribution < -0.4 is 14.8 Å². The van der Waals surface area contributed by atoms with E-state index in [4.69, 9.17) is 9.47 Å². The monoisotopic (exact) mass is 519 g/mol. The highest BCUT2D eigenvalue weighted by atomic mass is 16.6. The molecule has 3 aromatic carbocycles. The van der Waals surface area contributed by atoms with Crippen LogP contribution in [-0.4, -0.2) is 43.0 Å². The summed E-state index contributed by atoms with van der Waals surface area (Å²) in [6.45, 7) is 8.05. The van der Waals surface area contributed by atoms with Crippen molar-refractivity contribution in [2.75, 3.05) is 32.6 Å². The fraction of sp³-hybridized carbons (Fsp3) is 0.367. The molecule has 1 N–H and O–H groups in total. The van der Waals surface area contributed by atoms with Gasteiger partial charge in [0.05, 0.1) is 18.6 Å². The number of unbranched alkanes of at least 4 members (excludes halogenated alkanes) is 1. The summed E-state index contributed by atoms with van der Waals surface area (Å²) in [6.07, 6.45) is 2.91. The van der Waals surface area contributed by atoms with Gasteiger partial charge in [-0.25, -0.2) is 0 Å². The maximum atomic E-state index is 12.8. The molecule has 38 heavy (non-hydrogen) atoms. The first-order valence-electron chi connectivity index (χ1n) is 12.9. The third-order valence-electron chi connectivity index (χ3n) is 6.48. The average Bonchev–Trinajstić information content (AvgIpc) is 2.89. The van der Waals surface area contributed by atoms with Crippen LogP contribution in [0.1, 0.15) is 52.4 Å². The molecule has 0 saturated carbocycles. The molecule has 0 bridgehead atoms. The van der Waals surface area contributed by atoms with Crippen LogP contribution in [0.2, 0.25) is 0 Å². The Morgan fingerprint density at radius 3 is 2.34 bits per heavy atom. The van der Waals surface area contributed by atoms with Gasteiger partial charge in [0.2, 0.25) is 0 Å². The summed E-state index contributed by atoms with van der Waals surface area (Å²) in [6, 6.07) is 16.6. The molecule has 3 aromatic rings. The number of nitro groups is 1. The van der Waals surface area contributed by atoms with E-state index in [1.54, 1.807) is 20.1 Å². The second kappa shape index (κ2) is 13.6. The molecule has 0 aliphatic rings. The SMILES string of the molecule is CCCCOc1cc(CN(C)CCc2ccc(NC(=O)c3cc(C)c(C)cc3[N+](=O)[O-])cc2)ccc1OC. The summed E-state index contributed by atoms with van der Waals surface area (Å²) in [5.41, 5.74) is 4.34. The first kappa shape index (κ1) is 28.7. The summed E-state index contributed by atoms with van der Waals surface area (Å²) >= 11 is 0. The van der Waals surface area contributed by atoms with E-state index >= 15 is 0 Å². The Hall–Kier alpha value is -3.91. The van der Waals surface area contributed by atoms with E-state index in [9.17, 15) is 14.9 Å². The minimum absolute atomic E-state index is 0.0567. The Morgan fingerprint density at radius 1 is 1.00 bits per heavy atom. The van der Waals surface area contributed by atoms with Crippen LogP contribution >= 0.6 is 0 Å². The minimum Gasteiger partial charge on any atom is -0.493 e. The van der Waals surface area contributed by atoms with E-state index < -0.39 is 10.8 Å². The van der Waals surface area contributed by atoms with E-state index in [-0.39, 0.29) is 11.3 Å². The number of likely N-dealkylation sites (N-methyl/N-ethyl adjacent to an activating group) is 1. The standard InChI is InChI=1S/C30H37N3O5/c1-6-7-16-38-29-19-24(10-13-28(29)37-5)20-32(4)15-14-23-8-11-25(12-9-23)31-30(34)26-17-21(2)22(3)18-27(26)33(35)36/h8-13,17-19H,6-7,14-16,20H2,1-5H3,(H,31,34). The van der Waals surface area contributed by atoms with E-state index in [1.165, 1.54) is 6.07 Å². The van der Waals surface area contributed by atoms with Gasteiger partial charge in [-0.2, -0.15) is 0 Å². The lowest BCUT2D eigenvalue weighted by Gasteiger charge is -2.18. The lowest BCUT2D eigenvalue weighted by atomic mass is 10.0. The van der Waals surface area contributed by atoms with Crippen LogP contribution in [0.3, 0.4) is 0 Å². The Morgan fingerprint density at radius 2 is 1.68 bits per heavy atom. The molecule has 0 saturated heterocycles. The molecule has 0 heterocycles. The van der Waals surface area contributed by atoms with Crippen LogP contribution in [0, 0.1) is 24.0 Å². The maximum absolute atomic E-state index is 12.8. The fourth-order valence-corrected chi connectivity index (χ4v) is 4.06. The molecule has 0 spiro atoms. The van der Waals surface area contributed by atoms with Gasteiger partial charge in [-0.15, -0.1) is 0 Å². The van der Waals surface area contributed by atoms with Crippen molar-refractivity contribution in [3.63, 3.8) is 0 Å². The van der Waals surface area contributed by atoms with E-state index in [0.29, 0.717) is 12.3 Å². The quantitative estimate of drug-likeness (QED) is 0.161. The van der Waals surface area contributed by atoms with Crippen LogP contribution in [0.25, 0.3) is 0 Å². The molecule has 8 nitrogen and oxygen atoms in total. The molecule has 1 amide bonds. The lowest BCUT2D eigenvalue weighted by molar-refractivity contribution is -0.385. The first-order chi connectivity index (χ1) is 18.2. The number of nitrogens with one attached hydrogen (secondary N) is 1. The van der Waals surface area contributed by atoms with Gasteiger partial charge in [-0.3, -0.25) is 14.9 Å². The fourth-order valence-electron chi connectivity index (χ4n) is 4.06. The predicted octanol–water partition coefficient (Wildman–Crippen LogP) is 6.33. The predicted molar refractivity (Wildman–Crippen MR) is 150 cm³/mol. The molecule has 0 unspecified atom stereocenters. The molecule has 0 aromatic heterocycles. The summed E-state index contributed by atoms with van der Waals surface area (Å²) < 4.78 is 11.3. The number of hydrogen-bond acceptors (Lipinski definition) is 6. The van der Waals surface area contributed by atoms with Crippen LogP contribution in [0.15, 0.2) is 54.6 Å². The number of rotatable bonds is 13. The topological polar surface area (TPSA) is 93.9 Å². The largest absolute Gasteiger partial charge is 0.493 e. The molecular weight excluding hydrogens is 482 g/mol. The Bertz CT molecular complexity index is 1260. The van der Waals surface area contributed by atoms with Crippen molar-refractivity contribution in [2.45, 2.75) is 46.6 Å². The molecule has 3 rings (SSSR count). The van der Waals surface area contributed by atoms with Gasteiger partial charge in [0.25, 0.3) is 11.6 Å². The van der Waals surface area contributed by atoms with Crippen molar-refractivity contribution in [3.05, 3.63) is 92.5 Å². The molecule has 0 atom stereocenters. The van der Waals surface area contributed by atoms with Crippen molar-refractivity contribution in [1.82, 2.24) is 4.90 Å². The Kier molecular flexibility index (Phi) is 10.2. The van der Waals surface area contributed by atoms with Crippen LogP contribution in [0.5, 0.6) is 11.5 Å². The second-order valence-corrected chi connectivity index (χ2v) is 9.54. The van der Waals surface area contributed by atoms with Crippen molar-refractivity contribution in [3.8, 4) is 11.5 Å². The number of hydrogen-bond donors (Lipinski definition) is 1. The number of carbonyl (C=O) groups is 1. The molecule has 0 aliphatic heterocycles. The highest BCUT2D eigenvalue weighted by Gasteiger charge is 2.21. The van der Waals surface area contributed by atoms with Crippen molar-refractivity contribution < 1.29 is 19.2 Å². The minimum atomic E-state index is -0.521. The number of methoxy groups -OCH3 is 1. The molecule has 202 valence electrons. The summed E-state index contributed by atoms with van der Waals surface area (Å²) in [5, 5.41) is 14.2. The van der Waals surface area contributed by atoms with E-state index in [2.05, 4.69) is 30.3 Å². The van der Waals surface area contributed by atoms with E-state index in [1.807, 2.05) is 43.3 Å². The summed E-state index contributed by atoms with van der Waals surface area (Å²) in [4.78, 5) is 25.9. The third-order valence-corrected chi connectivity index (χ3v) is 6.48. The van der Waals surface area contributed by atoms with Gasteiger partial charge in [0.1, 0.15) is 5.56 Å². The van der Waals surface area contributed by atoms with Crippen molar-refractivity contribution >= 4 is 17.3 Å². The molecule has 0 aliphatic carbocycles. The average molecular weight is 520 g/mol. The number of nitro benzene ring substituents is 1. The van der Waals surface area contributed by atoms with Gasteiger partial charge in [0.15, 0.2) is 11.5 Å². The van der Waals surface area contributed by atoms with Gasteiger partial charge < -0.3 is 19.7 Å². The number of aryl methyl sites for hydroxylation is 2. The van der Waals surface area contributed by atoms with Crippen molar-refractivity contribution in [1.29, 1.82) is 0 Å².